The maximum Gasteiger partial charge on any atom is 2.00 e. The van der Waals surface area contributed by atoms with Crippen molar-refractivity contribution < 1.29 is 56.7 Å². The summed E-state index contributed by atoms with van der Waals surface area (Å²) in [6.45, 7) is 21.7. The number of carbonyl (C=O) groups is 2. The minimum Gasteiger partial charge on any atom is -0.869 e. The Labute approximate surface area is 456 Å². The summed E-state index contributed by atoms with van der Waals surface area (Å²) in [4.78, 5) is 33.1. The molecule has 412 valence electrons. The van der Waals surface area contributed by atoms with Gasteiger partial charge in [0.1, 0.15) is 11.5 Å². The number of hydrogen-bond acceptors (Lipinski definition) is 8. The number of carboxylic acid groups (broad SMARTS) is 2. The van der Waals surface area contributed by atoms with Crippen LogP contribution in [0.1, 0.15) is 244 Å². The third-order valence-electron chi connectivity index (χ3n) is 13.6. The van der Waals surface area contributed by atoms with E-state index in [1.807, 2.05) is 13.8 Å². The fourth-order valence-corrected chi connectivity index (χ4v) is 9.23. The number of phenolic OH excluding ortho intramolecular Hbond substituents is 2. The SMILES string of the molecule is CCCCCC(=Nc1ccc(CC)c(CC)c1)C(CCCC)=Nc1ccc(CC)c(CC)c1.CCCCCc1cc(O)c([O-])c(C(=O)O)c1CCCC.CCCCCc1cc(O)c([O-])c(C(=O)O)c1CCCC.[Ni+2]. The molecule has 0 heterocycles. The number of aromatic hydroxyl groups is 2. The summed E-state index contributed by atoms with van der Waals surface area (Å²) in [6.07, 6.45) is 24.4. The molecule has 4 N–H and O–H groups in total. The van der Waals surface area contributed by atoms with Crippen LogP contribution in [0.15, 0.2) is 58.5 Å². The van der Waals surface area contributed by atoms with Gasteiger partial charge in [-0.25, -0.2) is 9.59 Å². The number of unbranched alkanes of at least 4 members (excludes halogenated alkanes) is 9. The van der Waals surface area contributed by atoms with Gasteiger partial charge in [0.25, 0.3) is 0 Å². The molecule has 0 spiro atoms. The molecule has 0 atom stereocenters. The summed E-state index contributed by atoms with van der Waals surface area (Å²) in [5.41, 5.74) is 12.6. The van der Waals surface area contributed by atoms with Crippen LogP contribution in [0.3, 0.4) is 0 Å². The Morgan fingerprint density at radius 1 is 0.419 bits per heavy atom. The number of nitrogens with zero attached hydrogens (tertiary/aromatic N) is 2. The summed E-state index contributed by atoms with van der Waals surface area (Å²) in [7, 11) is 0. The Kier molecular flexibility index (Phi) is 33.9. The normalized spacial score (nSPS) is 11.3. The fraction of sp³-hybridized carbons (Fsp3) is 0.556. The molecule has 10 nitrogen and oxygen atoms in total. The van der Waals surface area contributed by atoms with Crippen LogP contribution in [-0.4, -0.2) is 43.8 Å². The maximum atomic E-state index is 11.8. The van der Waals surface area contributed by atoms with E-state index < -0.39 is 34.9 Å². The van der Waals surface area contributed by atoms with Gasteiger partial charge in [0.2, 0.25) is 0 Å². The van der Waals surface area contributed by atoms with Gasteiger partial charge >= 0.3 is 28.4 Å². The molecule has 4 aromatic rings. The average Bonchev–Trinajstić information content (AvgIpc) is 3.38. The second-order valence-corrected chi connectivity index (χ2v) is 19.2. The molecule has 4 aromatic carbocycles. The van der Waals surface area contributed by atoms with E-state index in [0.29, 0.717) is 36.8 Å². The third-order valence-corrected chi connectivity index (χ3v) is 13.6. The number of aliphatic imine (C=N–C) groups is 2. The van der Waals surface area contributed by atoms with Crippen molar-refractivity contribution in [2.75, 3.05) is 0 Å². The van der Waals surface area contributed by atoms with Crippen molar-refractivity contribution in [2.45, 2.75) is 230 Å². The molecule has 0 aliphatic rings. The molecule has 4 rings (SSSR count). The molecule has 74 heavy (non-hydrogen) atoms. The van der Waals surface area contributed by atoms with Crippen LogP contribution >= 0.6 is 0 Å². The number of carboxylic acids is 2. The van der Waals surface area contributed by atoms with Crippen molar-refractivity contribution in [1.82, 2.24) is 0 Å². The van der Waals surface area contributed by atoms with E-state index in [9.17, 15) is 40.2 Å². The molecule has 0 radical (unpaired) electrons. The van der Waals surface area contributed by atoms with Crippen molar-refractivity contribution in [2.24, 2.45) is 9.98 Å². The second kappa shape index (κ2) is 37.6. The van der Waals surface area contributed by atoms with Gasteiger partial charge in [-0.05, 0) is 184 Å². The number of rotatable bonds is 30. The van der Waals surface area contributed by atoms with Crippen LogP contribution < -0.4 is 10.2 Å². The molecule has 11 heteroatoms. The first-order valence-electron chi connectivity index (χ1n) is 28.1. The zero-order valence-corrected chi connectivity index (χ0v) is 47.9. The molecular formula is C63H92N2NiO8. The molecule has 0 fully saturated rings. The Morgan fingerprint density at radius 3 is 1.08 bits per heavy atom. The number of aryl methyl sites for hydroxylation is 6. The molecule has 0 unspecified atom stereocenters. The molecular weight excluding hydrogens is 971 g/mol. The van der Waals surface area contributed by atoms with Gasteiger partial charge in [0.05, 0.1) is 33.9 Å². The van der Waals surface area contributed by atoms with Crippen molar-refractivity contribution in [3.05, 3.63) is 104 Å². The molecule has 0 aliphatic carbocycles. The number of benzene rings is 4. The van der Waals surface area contributed by atoms with E-state index >= 15 is 0 Å². The Hall–Kier alpha value is -5.15. The first kappa shape index (κ1) is 66.9. The van der Waals surface area contributed by atoms with E-state index in [4.69, 9.17) is 9.98 Å². The monoisotopic (exact) mass is 1060 g/mol. The van der Waals surface area contributed by atoms with E-state index in [1.165, 1.54) is 71.5 Å². The molecule has 0 amide bonds. The summed E-state index contributed by atoms with van der Waals surface area (Å²) in [5, 5.41) is 61.5. The zero-order valence-electron chi connectivity index (χ0n) is 46.9. The Morgan fingerprint density at radius 2 is 0.757 bits per heavy atom. The van der Waals surface area contributed by atoms with Gasteiger partial charge < -0.3 is 30.6 Å². The zero-order chi connectivity index (χ0) is 54.3. The van der Waals surface area contributed by atoms with Crippen molar-refractivity contribution in [1.29, 1.82) is 0 Å². The standard InChI is InChI=1S/C31H46N2.2C16H24O4.Ni/c1-7-13-15-17-31(33-29-21-19-25(10-4)27(12-6)23-29)30(16-14-8-2)32-28-20-18-24(9-3)26(11-5)22-28;2*1-3-5-7-8-11-10-13(17)15(18)14(16(19)20)12(11)9-6-4-2;/h18-23H,7-17H2,1-6H3;2*10,17-18H,3-9H2,1-2H3,(H,19,20);/q;;;+2/p-2. The largest absolute Gasteiger partial charge is 2.00 e. The van der Waals surface area contributed by atoms with Crippen LogP contribution in [0.2, 0.25) is 0 Å². The van der Waals surface area contributed by atoms with Gasteiger partial charge in [0, 0.05) is 0 Å². The maximum absolute atomic E-state index is 11.8. The molecule has 0 aromatic heterocycles. The van der Waals surface area contributed by atoms with Gasteiger partial charge in [-0.3, -0.25) is 9.98 Å². The second-order valence-electron chi connectivity index (χ2n) is 19.2. The third kappa shape index (κ3) is 21.6. The predicted octanol–water partition coefficient (Wildman–Crippen LogP) is 16.0. The van der Waals surface area contributed by atoms with Gasteiger partial charge in [-0.2, -0.15) is 0 Å². The molecule has 0 saturated carbocycles. The van der Waals surface area contributed by atoms with Crippen molar-refractivity contribution >= 4 is 34.7 Å². The van der Waals surface area contributed by atoms with E-state index in [0.717, 1.165) is 132 Å². The van der Waals surface area contributed by atoms with Crippen molar-refractivity contribution in [3.8, 4) is 23.0 Å². The van der Waals surface area contributed by atoms with Crippen LogP contribution in [-0.2, 0) is 67.9 Å². The number of phenols is 2. The summed E-state index contributed by atoms with van der Waals surface area (Å²) in [6, 6.07) is 16.4. The minimum atomic E-state index is -1.24. The molecule has 0 aliphatic heterocycles. The predicted molar refractivity (Wildman–Crippen MR) is 301 cm³/mol. The van der Waals surface area contributed by atoms with Crippen molar-refractivity contribution in [3.63, 3.8) is 0 Å². The fourth-order valence-electron chi connectivity index (χ4n) is 9.23. The summed E-state index contributed by atoms with van der Waals surface area (Å²) < 4.78 is 0. The number of aromatic carboxylic acids is 2. The van der Waals surface area contributed by atoms with Crippen LogP contribution in [0.25, 0.3) is 0 Å². The minimum absolute atomic E-state index is 0. The van der Waals surface area contributed by atoms with Gasteiger partial charge in [0.15, 0.2) is 0 Å². The quantitative estimate of drug-likeness (QED) is 0.0226. The first-order chi connectivity index (χ1) is 35.1. The summed E-state index contributed by atoms with van der Waals surface area (Å²) in [5.74, 6) is -4.91. The topological polar surface area (TPSA) is 186 Å². The Bertz CT molecular complexity index is 2280. The van der Waals surface area contributed by atoms with Crippen LogP contribution in [0.4, 0.5) is 11.4 Å². The molecule has 0 bridgehead atoms. The molecule has 0 saturated heterocycles. The smallest absolute Gasteiger partial charge is 0.869 e. The average molecular weight is 1060 g/mol. The summed E-state index contributed by atoms with van der Waals surface area (Å²) >= 11 is 0. The van der Waals surface area contributed by atoms with Crippen LogP contribution in [0, 0.1) is 0 Å². The first-order valence-corrected chi connectivity index (χ1v) is 28.1. The Balaban J connectivity index is 0.000000581. The van der Waals surface area contributed by atoms with Crippen LogP contribution in [0.5, 0.6) is 23.0 Å². The van der Waals surface area contributed by atoms with E-state index in [1.54, 1.807) is 0 Å². The number of hydrogen-bond donors (Lipinski definition) is 4. The van der Waals surface area contributed by atoms with Gasteiger partial charge in [-0.15, -0.1) is 0 Å². The van der Waals surface area contributed by atoms with E-state index in [2.05, 4.69) is 91.8 Å². The van der Waals surface area contributed by atoms with E-state index in [-0.39, 0.29) is 27.6 Å². The van der Waals surface area contributed by atoms with Gasteiger partial charge in [-0.1, -0.05) is 151 Å².